The first kappa shape index (κ1) is 18.2. The highest BCUT2D eigenvalue weighted by atomic mass is 16.3. The van der Waals surface area contributed by atoms with Crippen LogP contribution in [0, 0.1) is 11.8 Å². The zero-order valence-corrected chi connectivity index (χ0v) is 15.8. The van der Waals surface area contributed by atoms with Gasteiger partial charge in [-0.3, -0.25) is 0 Å². The number of nitrogens with two attached hydrogens (primary N) is 1. The minimum Gasteiger partial charge on any atom is -0.387 e. The number of nitroso groups, excluding NO2 is 1. The molecule has 0 aliphatic carbocycles. The number of fused-ring (bicyclic) bond motifs is 1. The molecule has 2 aliphatic heterocycles. The van der Waals surface area contributed by atoms with E-state index < -0.39 is 0 Å². The molecule has 28 heavy (non-hydrogen) atoms. The van der Waals surface area contributed by atoms with E-state index in [9.17, 15) is 9.70 Å². The second kappa shape index (κ2) is 7.44. The Kier molecular flexibility index (Phi) is 4.83. The Hall–Kier alpha value is -3.19. The van der Waals surface area contributed by atoms with Crippen molar-refractivity contribution in [3.8, 4) is 11.1 Å². The topological polar surface area (TPSA) is 91.0 Å². The van der Waals surface area contributed by atoms with Crippen LogP contribution >= 0.6 is 0 Å². The summed E-state index contributed by atoms with van der Waals surface area (Å²) in [4.78, 5) is 25.0. The molecule has 1 atom stereocenters. The highest BCUT2D eigenvalue weighted by Gasteiger charge is 2.29. The minimum absolute atomic E-state index is 0.318. The van der Waals surface area contributed by atoms with Gasteiger partial charge in [-0.25, -0.2) is 15.6 Å². The molecule has 0 saturated carbocycles. The molecular weight excluding hydrogens is 354 g/mol. The lowest BCUT2D eigenvalue weighted by Gasteiger charge is -2.24. The number of hydrazine groups is 1. The first-order chi connectivity index (χ1) is 13.6. The van der Waals surface area contributed by atoms with Crippen LogP contribution in [0.15, 0.2) is 41.6 Å². The molecule has 144 valence electrons. The fourth-order valence-electron chi connectivity index (χ4n) is 3.73. The minimum atomic E-state index is -0.344. The number of hydrogen-bond donors (Lipinski definition) is 2. The first-order valence-electron chi connectivity index (χ1n) is 9.38. The zero-order valence-electron chi connectivity index (χ0n) is 15.8. The number of benzene rings is 2. The third kappa shape index (κ3) is 3.36. The molecule has 0 spiro atoms. The van der Waals surface area contributed by atoms with Crippen LogP contribution in [-0.2, 0) is 0 Å². The summed E-state index contributed by atoms with van der Waals surface area (Å²) in [5, 5.41) is 9.76. The number of amides is 2. The summed E-state index contributed by atoms with van der Waals surface area (Å²) >= 11 is 0. The Morgan fingerprint density at radius 3 is 2.89 bits per heavy atom. The summed E-state index contributed by atoms with van der Waals surface area (Å²) in [6, 6.07) is 11.4. The van der Waals surface area contributed by atoms with Gasteiger partial charge in [0.2, 0.25) is 0 Å². The number of anilines is 1. The molecular formula is C21H23N5O2. The van der Waals surface area contributed by atoms with Gasteiger partial charge in [0.05, 0.1) is 5.69 Å². The molecule has 1 unspecified atom stereocenters. The molecule has 0 bridgehead atoms. The van der Waals surface area contributed by atoms with Gasteiger partial charge in [0.1, 0.15) is 6.04 Å². The van der Waals surface area contributed by atoms with Crippen LogP contribution in [0.3, 0.4) is 0 Å². The summed E-state index contributed by atoms with van der Waals surface area (Å²) < 4.78 is 0. The van der Waals surface area contributed by atoms with Crippen molar-refractivity contribution >= 4 is 24.0 Å². The molecule has 1 fully saturated rings. The predicted molar refractivity (Wildman–Crippen MR) is 111 cm³/mol. The second-order valence-electron chi connectivity index (χ2n) is 7.25. The van der Waals surface area contributed by atoms with Crippen molar-refractivity contribution in [2.75, 3.05) is 24.6 Å². The quantitative estimate of drug-likeness (QED) is 0.366. The van der Waals surface area contributed by atoms with E-state index in [1.807, 2.05) is 31.3 Å². The van der Waals surface area contributed by atoms with Crippen LogP contribution in [0.2, 0.25) is 0 Å². The largest absolute Gasteiger partial charge is 0.387 e. The lowest BCUT2D eigenvalue weighted by molar-refractivity contribution is 0.215. The van der Waals surface area contributed by atoms with Gasteiger partial charge in [0.15, 0.2) is 0 Å². The van der Waals surface area contributed by atoms with Crippen LogP contribution in [-0.4, -0.2) is 36.6 Å². The van der Waals surface area contributed by atoms with E-state index in [0.717, 1.165) is 33.5 Å². The van der Waals surface area contributed by atoms with Crippen LogP contribution in [0.25, 0.3) is 23.4 Å². The fraction of sp³-hybridized carbons (Fsp3) is 0.286. The fourth-order valence-corrected chi connectivity index (χ4v) is 3.73. The van der Waals surface area contributed by atoms with E-state index in [4.69, 9.17) is 5.84 Å². The van der Waals surface area contributed by atoms with Crippen molar-refractivity contribution in [2.45, 2.75) is 19.4 Å². The van der Waals surface area contributed by atoms with Gasteiger partial charge < -0.3 is 10.2 Å². The van der Waals surface area contributed by atoms with Crippen molar-refractivity contribution in [1.29, 1.82) is 0 Å². The summed E-state index contributed by atoms with van der Waals surface area (Å²) in [6.07, 6.45) is 4.75. The summed E-state index contributed by atoms with van der Waals surface area (Å²) in [5.41, 5.74) is 3.80. The number of aryl methyl sites for hydroxylation is 1. The Morgan fingerprint density at radius 2 is 2.11 bits per heavy atom. The molecule has 2 aliphatic rings. The van der Waals surface area contributed by atoms with Gasteiger partial charge in [-0.05, 0) is 58.7 Å². The summed E-state index contributed by atoms with van der Waals surface area (Å²) in [7, 11) is 0. The maximum Gasteiger partial charge on any atom is 0.338 e. The van der Waals surface area contributed by atoms with Crippen LogP contribution < -0.4 is 26.6 Å². The molecule has 3 N–H and O–H groups in total. The lowest BCUT2D eigenvalue weighted by atomic mass is 9.98. The normalized spacial score (nSPS) is 17.8. The molecule has 7 nitrogen and oxygen atoms in total. The van der Waals surface area contributed by atoms with Crippen LogP contribution in [0.5, 0.6) is 0 Å². The number of likely N-dealkylation sites (tertiary alicyclic amines) is 1. The van der Waals surface area contributed by atoms with E-state index in [-0.39, 0.29) is 12.1 Å². The van der Waals surface area contributed by atoms with Crippen molar-refractivity contribution in [1.82, 2.24) is 10.2 Å². The van der Waals surface area contributed by atoms with E-state index >= 15 is 0 Å². The molecule has 7 heteroatoms. The third-order valence-electron chi connectivity index (χ3n) is 5.38. The number of nitrogens with zero attached hydrogens (tertiary/aromatic N) is 3. The predicted octanol–water partition coefficient (Wildman–Crippen LogP) is 1.42. The lowest BCUT2D eigenvalue weighted by Crippen LogP contribution is -2.46. The molecule has 2 heterocycles. The SMILES string of the molecule is Cc1ccc(N(N)C(=O)N2CCC(N=O)C2)cc1-c1ccc2c(c1)=CNCC=2. The number of urea groups is 1. The average Bonchev–Trinajstić information content (AvgIpc) is 3.22. The number of nitrogens with one attached hydrogen (secondary N) is 1. The maximum atomic E-state index is 12.7. The van der Waals surface area contributed by atoms with Gasteiger partial charge in [-0.2, -0.15) is 4.91 Å². The van der Waals surface area contributed by atoms with E-state index in [1.54, 1.807) is 4.90 Å². The maximum absolute atomic E-state index is 12.7. The Balaban J connectivity index is 1.64. The van der Waals surface area contributed by atoms with Gasteiger partial charge in [0.25, 0.3) is 0 Å². The van der Waals surface area contributed by atoms with E-state index in [0.29, 0.717) is 25.2 Å². The molecule has 2 aromatic carbocycles. The molecule has 1 saturated heterocycles. The molecule has 4 rings (SSSR count). The smallest absolute Gasteiger partial charge is 0.338 e. The molecule has 0 radical (unpaired) electrons. The van der Waals surface area contributed by atoms with Crippen molar-refractivity contribution in [2.24, 2.45) is 11.0 Å². The molecule has 2 amide bonds. The summed E-state index contributed by atoms with van der Waals surface area (Å²) in [6.45, 7) is 3.68. The van der Waals surface area contributed by atoms with Gasteiger partial charge in [0, 0.05) is 25.8 Å². The van der Waals surface area contributed by atoms with Crippen LogP contribution in [0.4, 0.5) is 10.5 Å². The van der Waals surface area contributed by atoms with E-state index in [1.165, 1.54) is 5.22 Å². The van der Waals surface area contributed by atoms with Crippen molar-refractivity contribution in [3.63, 3.8) is 0 Å². The summed E-state index contributed by atoms with van der Waals surface area (Å²) in [5.74, 6) is 6.13. The number of carbonyl (C=O) groups is 1. The van der Waals surface area contributed by atoms with Crippen molar-refractivity contribution in [3.05, 3.63) is 57.3 Å². The van der Waals surface area contributed by atoms with E-state index in [2.05, 4.69) is 34.8 Å². The first-order valence-corrected chi connectivity index (χ1v) is 9.38. The van der Waals surface area contributed by atoms with Gasteiger partial charge >= 0.3 is 6.03 Å². The number of rotatable bonds is 3. The number of carbonyl (C=O) groups excluding carboxylic acids is 1. The Labute approximate surface area is 163 Å². The highest BCUT2D eigenvalue weighted by Crippen LogP contribution is 2.27. The monoisotopic (exact) mass is 377 g/mol. The Bertz CT molecular complexity index is 1050. The van der Waals surface area contributed by atoms with Gasteiger partial charge in [-0.1, -0.05) is 29.5 Å². The third-order valence-corrected chi connectivity index (χ3v) is 5.38. The van der Waals surface area contributed by atoms with Crippen molar-refractivity contribution < 1.29 is 4.79 Å². The standard InChI is InChI=1S/C21H23N5O2/c1-14-2-5-19(26(22)21(27)25-9-7-18(13-25)24-28)11-20(14)16-4-3-15-6-8-23-12-17(15)10-16/h2-6,10-12,18,23H,7-9,13,22H2,1H3. The second-order valence-corrected chi connectivity index (χ2v) is 7.25. The highest BCUT2D eigenvalue weighted by molar-refractivity contribution is 5.92. The Morgan fingerprint density at radius 1 is 1.25 bits per heavy atom. The number of hydrogen-bond acceptors (Lipinski definition) is 5. The van der Waals surface area contributed by atoms with Crippen LogP contribution in [0.1, 0.15) is 12.0 Å². The molecule has 2 aromatic rings. The zero-order chi connectivity index (χ0) is 19.7. The van der Waals surface area contributed by atoms with Gasteiger partial charge in [-0.15, -0.1) is 0 Å². The average molecular weight is 377 g/mol. The molecule has 0 aromatic heterocycles.